The third-order valence-electron chi connectivity index (χ3n) is 4.80. The minimum absolute atomic E-state index is 0.250. The molecular formula is C25H19ClN2O3S2. The number of hydrazine groups is 1. The fourth-order valence-electron chi connectivity index (χ4n) is 3.03. The molecular weight excluding hydrogens is 476 g/mol. The van der Waals surface area contributed by atoms with Crippen LogP contribution in [0.4, 0.5) is 0 Å². The second-order valence-electron chi connectivity index (χ2n) is 7.31. The molecule has 1 aliphatic heterocycles. The summed E-state index contributed by atoms with van der Waals surface area (Å²) in [5.74, 6) is -0.148. The molecule has 0 radical (unpaired) electrons. The number of rotatable bonds is 6. The highest BCUT2D eigenvalue weighted by Crippen LogP contribution is 2.32. The lowest BCUT2D eigenvalue weighted by Crippen LogP contribution is -2.44. The summed E-state index contributed by atoms with van der Waals surface area (Å²) in [5, 5.41) is 1.60. The number of carbonyl (C=O) groups is 2. The molecule has 1 aliphatic rings. The highest BCUT2D eigenvalue weighted by atomic mass is 35.5. The zero-order valence-electron chi connectivity index (χ0n) is 17.6. The Hall–Kier alpha value is -3.13. The Kier molecular flexibility index (Phi) is 7.13. The summed E-state index contributed by atoms with van der Waals surface area (Å²) in [6, 6.07) is 22.0. The van der Waals surface area contributed by atoms with E-state index >= 15 is 0 Å². The third-order valence-corrected chi connectivity index (χ3v) is 6.35. The molecule has 0 bridgehead atoms. The predicted octanol–water partition coefficient (Wildman–Crippen LogP) is 5.77. The Balaban J connectivity index is 1.43. The average Bonchev–Trinajstić information content (AvgIpc) is 3.06. The van der Waals surface area contributed by atoms with E-state index in [1.807, 2.05) is 55.5 Å². The van der Waals surface area contributed by atoms with Crippen LogP contribution in [-0.2, 0) is 11.4 Å². The molecule has 1 heterocycles. The van der Waals surface area contributed by atoms with E-state index < -0.39 is 11.8 Å². The van der Waals surface area contributed by atoms with Crippen molar-refractivity contribution in [2.24, 2.45) is 0 Å². The first-order valence-electron chi connectivity index (χ1n) is 10.0. The summed E-state index contributed by atoms with van der Waals surface area (Å²) in [5.41, 5.74) is 5.99. The first-order valence-corrected chi connectivity index (χ1v) is 11.6. The monoisotopic (exact) mass is 494 g/mol. The van der Waals surface area contributed by atoms with Gasteiger partial charge >= 0.3 is 0 Å². The maximum absolute atomic E-state index is 12.8. The van der Waals surface area contributed by atoms with Crippen LogP contribution in [0.3, 0.4) is 0 Å². The topological polar surface area (TPSA) is 58.6 Å². The molecule has 0 aliphatic carbocycles. The van der Waals surface area contributed by atoms with Gasteiger partial charge in [0.25, 0.3) is 11.8 Å². The molecule has 33 heavy (non-hydrogen) atoms. The van der Waals surface area contributed by atoms with Gasteiger partial charge in [0, 0.05) is 10.6 Å². The van der Waals surface area contributed by atoms with Crippen LogP contribution in [-0.4, -0.2) is 21.1 Å². The molecule has 5 nitrogen and oxygen atoms in total. The van der Waals surface area contributed by atoms with Crippen LogP contribution in [0.25, 0.3) is 6.08 Å². The van der Waals surface area contributed by atoms with Crippen molar-refractivity contribution < 1.29 is 14.3 Å². The predicted molar refractivity (Wildman–Crippen MR) is 136 cm³/mol. The number of amides is 2. The number of hydrogen-bond acceptors (Lipinski definition) is 5. The molecule has 1 N–H and O–H groups in total. The molecule has 3 aromatic carbocycles. The molecule has 3 aromatic rings. The molecule has 1 fully saturated rings. The number of carbonyl (C=O) groups excluding carboxylic acids is 2. The van der Waals surface area contributed by atoms with Crippen molar-refractivity contribution in [2.75, 3.05) is 0 Å². The van der Waals surface area contributed by atoms with Gasteiger partial charge in [0.15, 0.2) is 4.32 Å². The Morgan fingerprint density at radius 1 is 1.12 bits per heavy atom. The largest absolute Gasteiger partial charge is 0.489 e. The molecule has 0 atom stereocenters. The molecule has 0 spiro atoms. The van der Waals surface area contributed by atoms with Gasteiger partial charge in [-0.3, -0.25) is 15.0 Å². The van der Waals surface area contributed by atoms with Gasteiger partial charge in [0.1, 0.15) is 12.4 Å². The smallest absolute Gasteiger partial charge is 0.285 e. The van der Waals surface area contributed by atoms with E-state index in [0.717, 1.165) is 27.9 Å². The van der Waals surface area contributed by atoms with Crippen molar-refractivity contribution >= 4 is 57.8 Å². The van der Waals surface area contributed by atoms with Crippen molar-refractivity contribution in [1.29, 1.82) is 0 Å². The number of aryl methyl sites for hydroxylation is 1. The maximum atomic E-state index is 12.8. The molecule has 4 rings (SSSR count). The zero-order valence-corrected chi connectivity index (χ0v) is 20.0. The number of thiocarbonyl (C=S) groups is 1. The SMILES string of the molecule is Cc1ccc(COc2cccc(/C=C3/SC(=S)N(NC(=O)c4ccc(Cl)cc4)C3=O)c2)cc1. The summed E-state index contributed by atoms with van der Waals surface area (Å²) in [6.07, 6.45) is 1.73. The van der Waals surface area contributed by atoms with Crippen LogP contribution >= 0.6 is 35.6 Å². The quantitative estimate of drug-likeness (QED) is 0.348. The normalized spacial score (nSPS) is 14.6. The zero-order chi connectivity index (χ0) is 23.4. The van der Waals surface area contributed by atoms with E-state index in [4.69, 9.17) is 28.6 Å². The molecule has 2 amide bonds. The van der Waals surface area contributed by atoms with Crippen molar-refractivity contribution in [3.63, 3.8) is 0 Å². The Bertz CT molecular complexity index is 1240. The van der Waals surface area contributed by atoms with Gasteiger partial charge in [-0.2, -0.15) is 5.01 Å². The van der Waals surface area contributed by atoms with E-state index in [0.29, 0.717) is 27.8 Å². The lowest BCUT2D eigenvalue weighted by atomic mass is 10.1. The second-order valence-corrected chi connectivity index (χ2v) is 9.42. The van der Waals surface area contributed by atoms with E-state index in [1.54, 1.807) is 30.3 Å². The number of nitrogens with one attached hydrogen (secondary N) is 1. The molecule has 0 unspecified atom stereocenters. The van der Waals surface area contributed by atoms with E-state index in [9.17, 15) is 9.59 Å². The van der Waals surface area contributed by atoms with Crippen LogP contribution < -0.4 is 10.2 Å². The van der Waals surface area contributed by atoms with Crippen molar-refractivity contribution in [2.45, 2.75) is 13.5 Å². The lowest BCUT2D eigenvalue weighted by molar-refractivity contribution is -0.123. The van der Waals surface area contributed by atoms with Crippen LogP contribution in [0.2, 0.25) is 5.02 Å². The van der Waals surface area contributed by atoms with Gasteiger partial charge in [-0.05, 0) is 72.7 Å². The summed E-state index contributed by atoms with van der Waals surface area (Å²) in [6.45, 7) is 2.49. The van der Waals surface area contributed by atoms with Crippen LogP contribution in [0.1, 0.15) is 27.0 Å². The molecule has 0 saturated carbocycles. The Labute approximate surface area is 206 Å². The Morgan fingerprint density at radius 3 is 2.58 bits per heavy atom. The van der Waals surface area contributed by atoms with Gasteiger partial charge in [-0.25, -0.2) is 0 Å². The highest BCUT2D eigenvalue weighted by Gasteiger charge is 2.33. The van der Waals surface area contributed by atoms with E-state index in [-0.39, 0.29) is 4.32 Å². The Morgan fingerprint density at radius 2 is 1.85 bits per heavy atom. The minimum Gasteiger partial charge on any atom is -0.489 e. The molecule has 1 saturated heterocycles. The van der Waals surface area contributed by atoms with Crippen LogP contribution in [0, 0.1) is 6.92 Å². The van der Waals surface area contributed by atoms with Gasteiger partial charge < -0.3 is 4.74 Å². The average molecular weight is 495 g/mol. The fraction of sp³-hybridized carbons (Fsp3) is 0.0800. The maximum Gasteiger partial charge on any atom is 0.285 e. The van der Waals surface area contributed by atoms with Gasteiger partial charge in [0.2, 0.25) is 0 Å². The van der Waals surface area contributed by atoms with Gasteiger partial charge in [0.05, 0.1) is 4.91 Å². The molecule has 166 valence electrons. The van der Waals surface area contributed by atoms with Crippen LogP contribution in [0.5, 0.6) is 5.75 Å². The van der Waals surface area contributed by atoms with Gasteiger partial charge in [-0.1, -0.05) is 65.3 Å². The number of halogens is 1. The standard InChI is InChI=1S/C25H19ClN2O3S2/c1-16-5-7-17(8-6-16)15-31-21-4-2-3-18(13-21)14-22-24(30)28(25(32)33-22)27-23(29)19-9-11-20(26)12-10-19/h2-14H,15H2,1H3,(H,27,29)/b22-14+. The molecule has 8 heteroatoms. The third kappa shape index (κ3) is 5.82. The number of thioether (sulfide) groups is 1. The number of nitrogens with zero attached hydrogens (tertiary/aromatic N) is 1. The number of hydrogen-bond donors (Lipinski definition) is 1. The lowest BCUT2D eigenvalue weighted by Gasteiger charge is -2.15. The van der Waals surface area contributed by atoms with E-state index in [2.05, 4.69) is 5.43 Å². The van der Waals surface area contributed by atoms with E-state index in [1.165, 1.54) is 5.56 Å². The second kappa shape index (κ2) is 10.2. The van der Waals surface area contributed by atoms with Crippen molar-refractivity contribution in [3.05, 3.63) is 105 Å². The minimum atomic E-state index is -0.448. The summed E-state index contributed by atoms with van der Waals surface area (Å²) >= 11 is 12.3. The van der Waals surface area contributed by atoms with Gasteiger partial charge in [-0.15, -0.1) is 0 Å². The number of benzene rings is 3. The van der Waals surface area contributed by atoms with Crippen molar-refractivity contribution in [3.8, 4) is 5.75 Å². The first kappa shape index (κ1) is 23.0. The fourth-order valence-corrected chi connectivity index (χ4v) is 4.33. The highest BCUT2D eigenvalue weighted by molar-refractivity contribution is 8.26. The molecule has 0 aromatic heterocycles. The summed E-state index contributed by atoms with van der Waals surface area (Å²) in [7, 11) is 0. The number of ether oxygens (including phenoxy) is 1. The summed E-state index contributed by atoms with van der Waals surface area (Å²) in [4.78, 5) is 25.7. The van der Waals surface area contributed by atoms with Crippen LogP contribution in [0.15, 0.2) is 77.7 Å². The first-order chi connectivity index (χ1) is 15.9. The summed E-state index contributed by atoms with van der Waals surface area (Å²) < 4.78 is 6.14. The van der Waals surface area contributed by atoms with Crippen molar-refractivity contribution in [1.82, 2.24) is 10.4 Å².